The number of nitrogens with zero attached hydrogens (tertiary/aromatic N) is 5. The maximum absolute atomic E-state index is 12.7. The molecule has 4 heterocycles. The van der Waals surface area contributed by atoms with Crippen LogP contribution in [0.2, 0.25) is 0 Å². The molecule has 1 aliphatic rings. The fourth-order valence-electron chi connectivity index (χ4n) is 3.35. The minimum absolute atomic E-state index is 0.0978. The Morgan fingerprint density at radius 1 is 1.21 bits per heavy atom. The maximum Gasteiger partial charge on any atom is 0.262 e. The zero-order valence-corrected chi connectivity index (χ0v) is 16.6. The van der Waals surface area contributed by atoms with E-state index in [9.17, 15) is 8.42 Å². The summed E-state index contributed by atoms with van der Waals surface area (Å²) in [4.78, 5) is 8.67. The normalized spacial score (nSPS) is 16.4. The number of rotatable bonds is 5. The first-order valence-electron chi connectivity index (χ1n) is 9.07. The van der Waals surface area contributed by atoms with E-state index in [4.69, 9.17) is 4.52 Å². The van der Waals surface area contributed by atoms with Crippen molar-refractivity contribution in [1.82, 2.24) is 24.0 Å². The third-order valence-electron chi connectivity index (χ3n) is 4.81. The van der Waals surface area contributed by atoms with Crippen molar-refractivity contribution in [1.29, 1.82) is 0 Å². The molecule has 4 rings (SSSR count). The molecule has 28 heavy (non-hydrogen) atoms. The van der Waals surface area contributed by atoms with E-state index in [-0.39, 0.29) is 10.9 Å². The van der Waals surface area contributed by atoms with Crippen molar-refractivity contribution < 1.29 is 12.9 Å². The number of hydrogen-bond acceptors (Lipinski definition) is 7. The van der Waals surface area contributed by atoms with Gasteiger partial charge in [0.1, 0.15) is 11.6 Å². The van der Waals surface area contributed by atoms with Crippen LogP contribution in [0.5, 0.6) is 0 Å². The lowest BCUT2D eigenvalue weighted by molar-refractivity contribution is 0.316. The summed E-state index contributed by atoms with van der Waals surface area (Å²) in [5.74, 6) is 2.23. The first-order chi connectivity index (χ1) is 13.4. The Morgan fingerprint density at radius 2 is 2.00 bits per heavy atom. The number of imidazole rings is 1. The van der Waals surface area contributed by atoms with Gasteiger partial charge < -0.3 is 14.4 Å². The van der Waals surface area contributed by atoms with Crippen molar-refractivity contribution in [3.8, 4) is 0 Å². The van der Waals surface area contributed by atoms with Crippen LogP contribution >= 0.6 is 0 Å². The summed E-state index contributed by atoms with van der Waals surface area (Å²) >= 11 is 0. The Morgan fingerprint density at radius 3 is 2.64 bits per heavy atom. The van der Waals surface area contributed by atoms with Gasteiger partial charge in [0.2, 0.25) is 0 Å². The maximum atomic E-state index is 12.7. The van der Waals surface area contributed by atoms with Crippen molar-refractivity contribution in [2.45, 2.75) is 30.7 Å². The van der Waals surface area contributed by atoms with Gasteiger partial charge in [0, 0.05) is 44.0 Å². The number of piperidine rings is 1. The third kappa shape index (κ3) is 3.78. The van der Waals surface area contributed by atoms with Crippen molar-refractivity contribution in [2.24, 2.45) is 7.05 Å². The van der Waals surface area contributed by atoms with E-state index in [0.717, 1.165) is 11.5 Å². The van der Waals surface area contributed by atoms with Gasteiger partial charge >= 0.3 is 0 Å². The van der Waals surface area contributed by atoms with Gasteiger partial charge in [-0.2, -0.15) is 4.31 Å². The molecule has 0 bridgehead atoms. The molecule has 0 atom stereocenters. The number of pyridine rings is 1. The van der Waals surface area contributed by atoms with Crippen LogP contribution in [0.15, 0.2) is 46.3 Å². The smallest absolute Gasteiger partial charge is 0.262 e. The van der Waals surface area contributed by atoms with Crippen molar-refractivity contribution >= 4 is 21.7 Å². The molecule has 1 fully saturated rings. The van der Waals surface area contributed by atoms with Gasteiger partial charge in [-0.15, -0.1) is 0 Å². The number of hydrogen-bond donors (Lipinski definition) is 1. The summed E-state index contributed by atoms with van der Waals surface area (Å²) in [6.07, 6.45) is 4.46. The Labute approximate surface area is 163 Å². The fraction of sp³-hybridized carbons (Fsp3) is 0.389. The zero-order valence-electron chi connectivity index (χ0n) is 15.7. The molecule has 1 aliphatic heterocycles. The number of anilines is 2. The molecule has 0 unspecified atom stereocenters. The molecule has 0 radical (unpaired) electrons. The van der Waals surface area contributed by atoms with Crippen LogP contribution in [0.25, 0.3) is 0 Å². The summed E-state index contributed by atoms with van der Waals surface area (Å²) in [6.45, 7) is 2.73. The van der Waals surface area contributed by atoms with Crippen LogP contribution in [0.1, 0.15) is 30.2 Å². The summed E-state index contributed by atoms with van der Waals surface area (Å²) in [5.41, 5.74) is 0.945. The predicted molar refractivity (Wildman–Crippen MR) is 103 cm³/mol. The topological polar surface area (TPSA) is 106 Å². The molecule has 0 amide bonds. The first kappa shape index (κ1) is 18.6. The fourth-order valence-corrected chi connectivity index (χ4v) is 4.79. The molecule has 0 aromatic carbocycles. The van der Waals surface area contributed by atoms with Crippen molar-refractivity contribution in [3.05, 3.63) is 48.2 Å². The highest BCUT2D eigenvalue weighted by Gasteiger charge is 2.31. The van der Waals surface area contributed by atoms with E-state index in [1.54, 1.807) is 17.7 Å². The van der Waals surface area contributed by atoms with Crippen LogP contribution in [0.3, 0.4) is 0 Å². The largest absolute Gasteiger partial charge is 0.360 e. The molecule has 9 nitrogen and oxygen atoms in total. The number of sulfonamides is 1. The van der Waals surface area contributed by atoms with Gasteiger partial charge in [0.05, 0.1) is 6.33 Å². The van der Waals surface area contributed by atoms with Crippen LogP contribution in [-0.2, 0) is 17.1 Å². The highest BCUT2D eigenvalue weighted by molar-refractivity contribution is 7.89. The molecule has 148 valence electrons. The first-order valence-corrected chi connectivity index (χ1v) is 10.5. The monoisotopic (exact) mass is 402 g/mol. The number of nitrogens with one attached hydrogen (secondary N) is 1. The van der Waals surface area contributed by atoms with Crippen LogP contribution in [0, 0.1) is 6.92 Å². The standard InChI is InChI=1S/C18H22N6O3S/c1-13-10-17(22-27-13)21-16-5-3-4-15(20-16)14-6-8-24(9-7-14)28(25,26)18-11-23(2)12-19-18/h3-5,10-12,14H,6-9H2,1-2H3,(H,20,21,22). The van der Waals surface area contributed by atoms with Crippen LogP contribution in [-0.4, -0.2) is 45.5 Å². The second kappa shape index (κ2) is 7.36. The van der Waals surface area contributed by atoms with E-state index < -0.39 is 10.0 Å². The quantitative estimate of drug-likeness (QED) is 0.698. The molecule has 0 aliphatic carbocycles. The minimum Gasteiger partial charge on any atom is -0.360 e. The lowest BCUT2D eigenvalue weighted by Gasteiger charge is -2.30. The summed E-state index contributed by atoms with van der Waals surface area (Å²) in [7, 11) is -1.79. The van der Waals surface area contributed by atoms with Gasteiger partial charge in [0.15, 0.2) is 10.8 Å². The average Bonchev–Trinajstić information content (AvgIpc) is 3.31. The molecule has 0 spiro atoms. The highest BCUT2D eigenvalue weighted by atomic mass is 32.2. The predicted octanol–water partition coefficient (Wildman–Crippen LogP) is 2.42. The highest BCUT2D eigenvalue weighted by Crippen LogP contribution is 2.30. The molecular weight excluding hydrogens is 380 g/mol. The van der Waals surface area contributed by atoms with E-state index in [1.165, 1.54) is 16.8 Å². The number of aromatic nitrogens is 4. The number of aryl methyl sites for hydroxylation is 2. The Bertz CT molecular complexity index is 1070. The van der Waals surface area contributed by atoms with Crippen molar-refractivity contribution in [2.75, 3.05) is 18.4 Å². The third-order valence-corrected chi connectivity index (χ3v) is 6.60. The van der Waals surface area contributed by atoms with Gasteiger partial charge in [-0.1, -0.05) is 11.2 Å². The van der Waals surface area contributed by atoms with E-state index in [2.05, 4.69) is 20.4 Å². The van der Waals surface area contributed by atoms with Crippen molar-refractivity contribution in [3.63, 3.8) is 0 Å². The average molecular weight is 402 g/mol. The molecule has 3 aromatic heterocycles. The van der Waals surface area contributed by atoms with Gasteiger partial charge in [-0.25, -0.2) is 18.4 Å². The summed E-state index contributed by atoms with van der Waals surface area (Å²) in [5, 5.41) is 7.14. The second-order valence-corrected chi connectivity index (χ2v) is 8.84. The minimum atomic E-state index is -3.54. The molecule has 3 aromatic rings. The Hall–Kier alpha value is -2.72. The van der Waals surface area contributed by atoms with Gasteiger partial charge in [-0.3, -0.25) is 0 Å². The second-order valence-electron chi connectivity index (χ2n) is 6.95. The van der Waals surface area contributed by atoms with E-state index in [0.29, 0.717) is 37.6 Å². The summed E-state index contributed by atoms with van der Waals surface area (Å²) < 4.78 is 33.6. The molecular formula is C18H22N6O3S. The SMILES string of the molecule is Cc1cc(Nc2cccc(C3CCN(S(=O)(=O)c4cn(C)cn4)CC3)n2)no1. The van der Waals surface area contributed by atoms with Crippen LogP contribution < -0.4 is 5.32 Å². The molecule has 0 saturated carbocycles. The Kier molecular flexibility index (Phi) is 4.90. The van der Waals surface area contributed by atoms with Gasteiger partial charge in [-0.05, 0) is 31.9 Å². The lowest BCUT2D eigenvalue weighted by Crippen LogP contribution is -2.38. The molecule has 10 heteroatoms. The Balaban J connectivity index is 1.43. The lowest BCUT2D eigenvalue weighted by atomic mass is 9.94. The van der Waals surface area contributed by atoms with E-state index in [1.807, 2.05) is 25.1 Å². The molecule has 1 saturated heterocycles. The summed E-state index contributed by atoms with van der Waals surface area (Å²) in [6, 6.07) is 7.59. The van der Waals surface area contributed by atoms with Gasteiger partial charge in [0.25, 0.3) is 10.0 Å². The molecule has 1 N–H and O–H groups in total. The van der Waals surface area contributed by atoms with Crippen LogP contribution in [0.4, 0.5) is 11.6 Å². The zero-order chi connectivity index (χ0) is 19.7. The van der Waals surface area contributed by atoms with E-state index >= 15 is 0 Å².